The zero-order valence-electron chi connectivity index (χ0n) is 14.2. The van der Waals surface area contributed by atoms with Crippen LogP contribution in [0.5, 0.6) is 5.75 Å². The third-order valence-electron chi connectivity index (χ3n) is 4.13. The van der Waals surface area contributed by atoms with Crippen molar-refractivity contribution in [2.75, 3.05) is 23.4 Å². The number of hydrogen-bond acceptors (Lipinski definition) is 3. The van der Waals surface area contributed by atoms with Crippen LogP contribution in [0.1, 0.15) is 6.42 Å². The Bertz CT molecular complexity index is 820. The van der Waals surface area contributed by atoms with Crippen molar-refractivity contribution in [3.63, 3.8) is 0 Å². The van der Waals surface area contributed by atoms with Gasteiger partial charge in [-0.2, -0.15) is 0 Å². The Morgan fingerprint density at radius 3 is 2.69 bits per heavy atom. The first-order valence-electron chi connectivity index (χ1n) is 8.28. The summed E-state index contributed by atoms with van der Waals surface area (Å²) in [5.41, 5.74) is 0.814. The summed E-state index contributed by atoms with van der Waals surface area (Å²) in [6, 6.07) is 13.0. The quantitative estimate of drug-likeness (QED) is 0.809. The molecule has 0 spiro atoms. The molecule has 134 valence electrons. The van der Waals surface area contributed by atoms with E-state index < -0.39 is 11.7 Å². The molecule has 1 aliphatic rings. The van der Waals surface area contributed by atoms with E-state index in [1.165, 1.54) is 17.0 Å². The summed E-state index contributed by atoms with van der Waals surface area (Å²) < 4.78 is 19.3. The van der Waals surface area contributed by atoms with E-state index in [4.69, 9.17) is 4.74 Å². The molecule has 1 heterocycles. The highest BCUT2D eigenvalue weighted by Gasteiger charge is 2.36. The van der Waals surface area contributed by atoms with Crippen LogP contribution in [0.15, 0.2) is 61.2 Å². The molecule has 5 nitrogen and oxygen atoms in total. The van der Waals surface area contributed by atoms with Crippen LogP contribution < -0.4 is 15.0 Å². The minimum atomic E-state index is -0.529. The summed E-state index contributed by atoms with van der Waals surface area (Å²) in [5, 5.41) is 2.79. The maximum atomic E-state index is 13.9. The molecular weight excluding hydrogens is 335 g/mol. The van der Waals surface area contributed by atoms with E-state index >= 15 is 0 Å². The van der Waals surface area contributed by atoms with Crippen molar-refractivity contribution in [3.05, 3.63) is 67.0 Å². The molecule has 1 unspecified atom stereocenters. The molecule has 3 rings (SSSR count). The number of carbonyl (C=O) groups is 2. The molecule has 0 bridgehead atoms. The molecule has 1 saturated heterocycles. The third-order valence-corrected chi connectivity index (χ3v) is 4.13. The van der Waals surface area contributed by atoms with Crippen molar-refractivity contribution in [1.29, 1.82) is 0 Å². The molecule has 0 aromatic heterocycles. The molecule has 0 saturated carbocycles. The predicted octanol–water partition coefficient (Wildman–Crippen LogP) is 3.38. The molecule has 26 heavy (non-hydrogen) atoms. The monoisotopic (exact) mass is 354 g/mol. The van der Waals surface area contributed by atoms with Gasteiger partial charge < -0.3 is 15.0 Å². The number of amides is 2. The molecule has 1 aliphatic heterocycles. The van der Waals surface area contributed by atoms with Crippen molar-refractivity contribution in [2.24, 2.45) is 5.92 Å². The Labute approximate surface area is 151 Å². The van der Waals surface area contributed by atoms with Gasteiger partial charge >= 0.3 is 0 Å². The van der Waals surface area contributed by atoms with Crippen LogP contribution in [0.4, 0.5) is 15.8 Å². The second kappa shape index (κ2) is 7.82. The molecule has 2 amide bonds. The maximum Gasteiger partial charge on any atom is 0.229 e. The van der Waals surface area contributed by atoms with Crippen molar-refractivity contribution < 1.29 is 18.7 Å². The number of anilines is 2. The highest BCUT2D eigenvalue weighted by molar-refractivity contribution is 6.03. The van der Waals surface area contributed by atoms with Gasteiger partial charge in [0.2, 0.25) is 11.8 Å². The van der Waals surface area contributed by atoms with E-state index in [0.717, 1.165) is 0 Å². The number of nitrogens with zero attached hydrogens (tertiary/aromatic N) is 1. The first-order chi connectivity index (χ1) is 12.6. The number of halogens is 1. The van der Waals surface area contributed by atoms with Gasteiger partial charge in [0, 0.05) is 18.7 Å². The normalized spacial score (nSPS) is 16.4. The first-order valence-corrected chi connectivity index (χ1v) is 8.28. The van der Waals surface area contributed by atoms with Gasteiger partial charge in [-0.05, 0) is 36.4 Å². The highest BCUT2D eigenvalue weighted by atomic mass is 19.1. The fourth-order valence-electron chi connectivity index (χ4n) is 2.82. The summed E-state index contributed by atoms with van der Waals surface area (Å²) >= 11 is 0. The highest BCUT2D eigenvalue weighted by Crippen LogP contribution is 2.28. The van der Waals surface area contributed by atoms with Crippen LogP contribution in [0, 0.1) is 11.7 Å². The molecule has 6 heteroatoms. The topological polar surface area (TPSA) is 58.6 Å². The van der Waals surface area contributed by atoms with Crippen LogP contribution in [0.2, 0.25) is 0 Å². The van der Waals surface area contributed by atoms with E-state index in [0.29, 0.717) is 18.0 Å². The SMILES string of the molecule is C=CCOc1ccc(NC(=O)C2CC(=O)N(c3ccccc3F)C2)cc1. The first kappa shape index (κ1) is 17.7. The van der Waals surface area contributed by atoms with Gasteiger partial charge in [-0.25, -0.2) is 4.39 Å². The Morgan fingerprint density at radius 1 is 1.27 bits per heavy atom. The molecule has 1 atom stereocenters. The van der Waals surface area contributed by atoms with E-state index in [1.807, 2.05) is 0 Å². The standard InChI is InChI=1S/C20H19FN2O3/c1-2-11-26-16-9-7-15(8-10-16)22-20(25)14-12-19(24)23(13-14)18-6-4-3-5-17(18)21/h2-10,14H,1,11-13H2,(H,22,25). The van der Waals surface area contributed by atoms with E-state index in [2.05, 4.69) is 11.9 Å². The van der Waals surface area contributed by atoms with Gasteiger partial charge in [0.15, 0.2) is 0 Å². The lowest BCUT2D eigenvalue weighted by Gasteiger charge is -2.17. The van der Waals surface area contributed by atoms with Gasteiger partial charge in [0.1, 0.15) is 18.2 Å². The van der Waals surface area contributed by atoms with E-state index in [1.54, 1.807) is 42.5 Å². The smallest absolute Gasteiger partial charge is 0.229 e. The number of carbonyl (C=O) groups excluding carboxylic acids is 2. The average Bonchev–Trinajstić information content (AvgIpc) is 3.03. The number of rotatable bonds is 6. The lowest BCUT2D eigenvalue weighted by Crippen LogP contribution is -2.28. The van der Waals surface area contributed by atoms with Gasteiger partial charge in [-0.1, -0.05) is 24.8 Å². The molecule has 2 aromatic rings. The number of hydrogen-bond donors (Lipinski definition) is 1. The second-order valence-corrected chi connectivity index (χ2v) is 5.97. The summed E-state index contributed by atoms with van der Waals surface area (Å²) in [4.78, 5) is 26.0. The molecule has 0 radical (unpaired) electrons. The van der Waals surface area contributed by atoms with Crippen molar-refractivity contribution in [2.45, 2.75) is 6.42 Å². The zero-order chi connectivity index (χ0) is 18.5. The largest absolute Gasteiger partial charge is 0.490 e. The van der Waals surface area contributed by atoms with Crippen molar-refractivity contribution in [3.8, 4) is 5.75 Å². The molecule has 1 fully saturated rings. The lowest BCUT2D eigenvalue weighted by atomic mass is 10.1. The van der Waals surface area contributed by atoms with E-state index in [9.17, 15) is 14.0 Å². The third kappa shape index (κ3) is 3.91. The van der Waals surface area contributed by atoms with E-state index in [-0.39, 0.29) is 30.5 Å². The predicted molar refractivity (Wildman–Crippen MR) is 97.6 cm³/mol. The van der Waals surface area contributed by atoms with Crippen LogP contribution in [0.3, 0.4) is 0 Å². The molecule has 2 aromatic carbocycles. The van der Waals surface area contributed by atoms with Gasteiger partial charge in [-0.15, -0.1) is 0 Å². The van der Waals surface area contributed by atoms with Gasteiger partial charge in [0.25, 0.3) is 0 Å². The Hall–Kier alpha value is -3.15. The Kier molecular flexibility index (Phi) is 5.31. The number of ether oxygens (including phenoxy) is 1. The summed E-state index contributed by atoms with van der Waals surface area (Å²) in [6.07, 6.45) is 1.70. The summed E-state index contributed by atoms with van der Waals surface area (Å²) in [7, 11) is 0. The number of benzene rings is 2. The Morgan fingerprint density at radius 2 is 2.00 bits per heavy atom. The van der Waals surface area contributed by atoms with Gasteiger partial charge in [0.05, 0.1) is 11.6 Å². The molecular formula is C20H19FN2O3. The maximum absolute atomic E-state index is 13.9. The van der Waals surface area contributed by atoms with Crippen molar-refractivity contribution >= 4 is 23.2 Å². The van der Waals surface area contributed by atoms with Gasteiger partial charge in [-0.3, -0.25) is 9.59 Å². The Balaban J connectivity index is 1.63. The second-order valence-electron chi connectivity index (χ2n) is 5.97. The van der Waals surface area contributed by atoms with Crippen LogP contribution >= 0.6 is 0 Å². The summed E-state index contributed by atoms with van der Waals surface area (Å²) in [5.74, 6) is -0.860. The zero-order valence-corrected chi connectivity index (χ0v) is 14.2. The minimum absolute atomic E-state index is 0.0562. The fourth-order valence-corrected chi connectivity index (χ4v) is 2.82. The van der Waals surface area contributed by atoms with Crippen molar-refractivity contribution in [1.82, 2.24) is 0 Å². The average molecular weight is 354 g/mol. The number of para-hydroxylation sites is 1. The van der Waals surface area contributed by atoms with Crippen LogP contribution in [0.25, 0.3) is 0 Å². The minimum Gasteiger partial charge on any atom is -0.490 e. The fraction of sp³-hybridized carbons (Fsp3) is 0.200. The molecule has 1 N–H and O–H groups in total. The van der Waals surface area contributed by atoms with Crippen LogP contribution in [-0.2, 0) is 9.59 Å². The lowest BCUT2D eigenvalue weighted by molar-refractivity contribution is -0.122. The number of nitrogens with one attached hydrogen (secondary N) is 1. The van der Waals surface area contributed by atoms with Crippen LogP contribution in [-0.4, -0.2) is 25.0 Å². The molecule has 0 aliphatic carbocycles. The summed E-state index contributed by atoms with van der Waals surface area (Å²) in [6.45, 7) is 4.14.